The number of aliphatic carboxylic acids is 1. The molecule has 91 heavy (non-hydrogen) atoms. The molecule has 6 rings (SSSR count). The second-order valence-corrected chi connectivity index (χ2v) is 24.6. The van der Waals surface area contributed by atoms with Crippen LogP contribution < -0.4 is 49.1 Å². The van der Waals surface area contributed by atoms with Gasteiger partial charge in [-0.05, 0) is 135 Å². The number of nitrogens with two attached hydrogens (primary N) is 3. The summed E-state index contributed by atoms with van der Waals surface area (Å²) in [6, 6.07) is 4.33. The molecule has 0 spiro atoms. The van der Waals surface area contributed by atoms with Crippen molar-refractivity contribution in [3.05, 3.63) is 89.5 Å². The second kappa shape index (κ2) is 33.7. The van der Waals surface area contributed by atoms with Crippen molar-refractivity contribution < 1.29 is 78.0 Å². The van der Waals surface area contributed by atoms with Gasteiger partial charge < -0.3 is 84.2 Å². The van der Waals surface area contributed by atoms with Crippen molar-refractivity contribution in [3.8, 4) is 17.2 Å². The lowest BCUT2D eigenvalue weighted by molar-refractivity contribution is -0.151. The number of carboxylic acid groups (broad SMARTS) is 1. The third-order valence-electron chi connectivity index (χ3n) is 16.1. The lowest BCUT2D eigenvalue weighted by Crippen LogP contribution is -2.61. The van der Waals surface area contributed by atoms with Gasteiger partial charge in [-0.15, -0.1) is 0 Å². The molecular formula is C62H84N12O16S. The van der Waals surface area contributed by atoms with Crippen LogP contribution in [0.5, 0.6) is 17.2 Å². The molecule has 3 saturated heterocycles. The number of nitrogens with one attached hydrogen (secondary N) is 6. The Morgan fingerprint density at radius 2 is 0.912 bits per heavy atom. The van der Waals surface area contributed by atoms with E-state index in [1.54, 1.807) is 32.2 Å². The first-order valence-corrected chi connectivity index (χ1v) is 31.7. The molecule has 0 bridgehead atoms. The van der Waals surface area contributed by atoms with Crippen LogP contribution in [0.15, 0.2) is 72.8 Å². The number of nitrogens with zero attached hydrogens (tertiary/aromatic N) is 3. The van der Waals surface area contributed by atoms with Crippen LogP contribution >= 0.6 is 11.8 Å². The number of hydrogen-bond donors (Lipinski definition) is 13. The molecule has 28 nitrogen and oxygen atoms in total. The van der Waals surface area contributed by atoms with Crippen LogP contribution in [0.25, 0.3) is 0 Å². The van der Waals surface area contributed by atoms with Crippen molar-refractivity contribution in [1.29, 1.82) is 0 Å². The van der Waals surface area contributed by atoms with Crippen molar-refractivity contribution >= 4 is 82.7 Å². The molecule has 0 unspecified atom stereocenters. The second-order valence-electron chi connectivity index (χ2n) is 23.6. The maximum atomic E-state index is 14.7. The third kappa shape index (κ3) is 20.8. The van der Waals surface area contributed by atoms with E-state index in [2.05, 4.69) is 31.9 Å². The Morgan fingerprint density at radius 3 is 1.41 bits per heavy atom. The van der Waals surface area contributed by atoms with Crippen molar-refractivity contribution in [3.63, 3.8) is 0 Å². The van der Waals surface area contributed by atoms with Gasteiger partial charge in [0.1, 0.15) is 71.6 Å². The van der Waals surface area contributed by atoms with E-state index >= 15 is 0 Å². The van der Waals surface area contributed by atoms with Gasteiger partial charge in [0.15, 0.2) is 0 Å². The minimum atomic E-state index is -1.67. The largest absolute Gasteiger partial charge is 0.508 e. The molecule has 10 atom stereocenters. The van der Waals surface area contributed by atoms with Crippen LogP contribution in [-0.4, -0.2) is 198 Å². The maximum Gasteiger partial charge on any atom is 0.326 e. The van der Waals surface area contributed by atoms with E-state index in [1.807, 2.05) is 0 Å². The van der Waals surface area contributed by atoms with E-state index in [9.17, 15) is 78.0 Å². The highest BCUT2D eigenvalue weighted by Crippen LogP contribution is 2.30. The highest BCUT2D eigenvalue weighted by Gasteiger charge is 2.47. The van der Waals surface area contributed by atoms with Gasteiger partial charge in [0.05, 0.1) is 12.5 Å². The standard InChI is InChI=1S/C62H84N12O16S/c1-34(2)29-44(68-57(84)45(31-36-12-18-39(76)19-13-36)69-54(81)42(22-23-51(64)78)67-55(82)43(24-28-91-3)66-53(80)41(63)30-35-10-16-38(75)17-11-35)56(83)70-46(33-52(65)79)59(86)73-26-5-8-49(73)61(88)74-27-6-9-50(74)60(87)72-25-4-7-48(72)58(85)71-47(62(89)90)32-37-14-20-40(77)21-15-37/h10-21,34,41-50,75-77H,4-9,22-33,63H2,1-3H3,(H2,64,78)(H2,65,79)(H,66,80)(H,67,82)(H,68,84)(H,69,81)(H,70,83)(H,71,85)(H,89,90)/t41-,42-,43-,44-,45-,46-,47-,48-,49-,50-/m0/s1. The van der Waals surface area contributed by atoms with Crippen molar-refractivity contribution in [2.75, 3.05) is 31.6 Å². The van der Waals surface area contributed by atoms with E-state index in [0.29, 0.717) is 41.7 Å². The third-order valence-corrected chi connectivity index (χ3v) is 16.8. The summed E-state index contributed by atoms with van der Waals surface area (Å²) in [6.45, 7) is 3.77. The number of benzene rings is 3. The van der Waals surface area contributed by atoms with Gasteiger partial charge in [0, 0.05) is 38.9 Å². The molecule has 3 heterocycles. The Bertz CT molecular complexity index is 3100. The number of carbonyl (C=O) groups is 12. The minimum absolute atomic E-state index is 0.00508. The molecule has 29 heteroatoms. The van der Waals surface area contributed by atoms with Gasteiger partial charge >= 0.3 is 5.97 Å². The van der Waals surface area contributed by atoms with Gasteiger partial charge in [0.25, 0.3) is 0 Å². The molecule has 0 aliphatic carbocycles. The summed E-state index contributed by atoms with van der Waals surface area (Å²) in [7, 11) is 0. The highest BCUT2D eigenvalue weighted by molar-refractivity contribution is 7.98. The molecule has 0 saturated carbocycles. The number of aromatic hydroxyl groups is 3. The normalized spacial score (nSPS) is 18.6. The Kier molecular flexibility index (Phi) is 26.3. The Balaban J connectivity index is 1.16. The summed E-state index contributed by atoms with van der Waals surface area (Å²) in [5.41, 5.74) is 19.0. The van der Waals surface area contributed by atoms with Crippen molar-refractivity contribution in [2.45, 2.75) is 164 Å². The molecule has 11 amide bonds. The molecule has 3 aliphatic rings. The topological polar surface area (TPSA) is 446 Å². The van der Waals surface area contributed by atoms with Gasteiger partial charge in [0.2, 0.25) is 65.0 Å². The number of primary amides is 2. The molecule has 494 valence electrons. The van der Waals surface area contributed by atoms with Gasteiger partial charge in [-0.25, -0.2) is 4.79 Å². The zero-order valence-corrected chi connectivity index (χ0v) is 52.0. The van der Waals surface area contributed by atoms with E-state index < -0.39 is 144 Å². The summed E-state index contributed by atoms with van der Waals surface area (Å²) < 4.78 is 0. The first kappa shape index (κ1) is 71.1. The Hall–Kier alpha value is -8.99. The number of phenolic OH excluding ortho intramolecular Hbond substituents is 3. The predicted octanol–water partition coefficient (Wildman–Crippen LogP) is -0.935. The van der Waals surface area contributed by atoms with Crippen LogP contribution in [0.2, 0.25) is 0 Å². The highest BCUT2D eigenvalue weighted by atomic mass is 32.2. The van der Waals surface area contributed by atoms with Crippen LogP contribution in [0, 0.1) is 5.92 Å². The van der Waals surface area contributed by atoms with Gasteiger partial charge in [-0.2, -0.15) is 11.8 Å². The number of carbonyl (C=O) groups excluding carboxylic acids is 11. The summed E-state index contributed by atoms with van der Waals surface area (Å²) in [5.74, 6) is -10.3. The fraction of sp³-hybridized carbons (Fsp3) is 0.516. The number of likely N-dealkylation sites (tertiary alicyclic amines) is 3. The number of amides is 11. The SMILES string of the molecule is CSCC[C@H](NC(=O)[C@@H](N)Cc1ccc(O)cc1)C(=O)N[C@@H](CCC(N)=O)C(=O)N[C@@H](Cc1ccc(O)cc1)C(=O)N[C@@H](CC(C)C)C(=O)N[C@@H](CC(N)=O)C(=O)N1CCC[C@H]1C(=O)N1CCC[C@H]1C(=O)N1CCC[C@H]1C(=O)N[C@@H](Cc1ccc(O)cc1)C(=O)O. The molecule has 3 aromatic carbocycles. The summed E-state index contributed by atoms with van der Waals surface area (Å²) in [5, 5.41) is 55.1. The fourth-order valence-corrected chi connectivity index (χ4v) is 11.9. The van der Waals surface area contributed by atoms with E-state index in [0.717, 1.165) is 0 Å². The molecular weight excluding hydrogens is 1200 g/mol. The average Bonchev–Trinajstić information content (AvgIpc) is 1.70. The van der Waals surface area contributed by atoms with Gasteiger partial charge in [-0.3, -0.25) is 52.7 Å². The van der Waals surface area contributed by atoms with Crippen LogP contribution in [-0.2, 0) is 76.8 Å². The zero-order valence-electron chi connectivity index (χ0n) is 51.2. The Labute approximate surface area is 530 Å². The molecule has 3 aliphatic heterocycles. The number of carboxylic acids is 1. The molecule has 0 aromatic heterocycles. The van der Waals surface area contributed by atoms with Crippen molar-refractivity contribution in [1.82, 2.24) is 46.6 Å². The number of rotatable bonds is 32. The molecule has 0 radical (unpaired) electrons. The number of hydrogen-bond acceptors (Lipinski definition) is 17. The van der Waals surface area contributed by atoms with Crippen LogP contribution in [0.1, 0.15) is 101 Å². The quantitative estimate of drug-likeness (QED) is 0.0359. The van der Waals surface area contributed by atoms with E-state index in [1.165, 1.54) is 87.1 Å². The Morgan fingerprint density at radius 1 is 0.505 bits per heavy atom. The minimum Gasteiger partial charge on any atom is -0.508 e. The average molecular weight is 1290 g/mol. The first-order valence-electron chi connectivity index (χ1n) is 30.3. The zero-order chi connectivity index (χ0) is 66.6. The predicted molar refractivity (Wildman–Crippen MR) is 332 cm³/mol. The lowest BCUT2D eigenvalue weighted by Gasteiger charge is -2.35. The molecule has 16 N–H and O–H groups in total. The first-order chi connectivity index (χ1) is 43.2. The van der Waals surface area contributed by atoms with E-state index in [4.69, 9.17) is 17.2 Å². The molecule has 3 aromatic rings. The summed E-state index contributed by atoms with van der Waals surface area (Å²) in [6.07, 6.45) is 1.70. The maximum absolute atomic E-state index is 14.7. The van der Waals surface area contributed by atoms with Crippen molar-refractivity contribution in [2.24, 2.45) is 23.1 Å². The van der Waals surface area contributed by atoms with E-state index in [-0.39, 0.29) is 101 Å². The van der Waals surface area contributed by atoms with Crippen LogP contribution in [0.4, 0.5) is 0 Å². The van der Waals surface area contributed by atoms with Crippen LogP contribution in [0.3, 0.4) is 0 Å². The lowest BCUT2D eigenvalue weighted by atomic mass is 10.00. The summed E-state index contributed by atoms with van der Waals surface area (Å²) in [4.78, 5) is 170. The summed E-state index contributed by atoms with van der Waals surface area (Å²) >= 11 is 1.37. The molecule has 3 fully saturated rings. The number of thioether (sulfide) groups is 1. The van der Waals surface area contributed by atoms with Gasteiger partial charge in [-0.1, -0.05) is 50.2 Å². The monoisotopic (exact) mass is 1280 g/mol. The smallest absolute Gasteiger partial charge is 0.326 e. The number of phenols is 3. The fourth-order valence-electron chi connectivity index (χ4n) is 11.4.